The summed E-state index contributed by atoms with van der Waals surface area (Å²) in [6.45, 7) is 10.2. The highest BCUT2D eigenvalue weighted by atomic mass is 32.1. The molecule has 1 aromatic heterocycles. The van der Waals surface area contributed by atoms with Gasteiger partial charge in [-0.15, -0.1) is 11.3 Å². The minimum atomic E-state index is 0.452. The van der Waals surface area contributed by atoms with E-state index in [0.29, 0.717) is 6.04 Å². The normalized spacial score (nSPS) is 10.5. The maximum Gasteiger partial charge on any atom is 0.0986 e. The van der Waals surface area contributed by atoms with E-state index in [-0.39, 0.29) is 0 Å². The summed E-state index contributed by atoms with van der Waals surface area (Å²) in [7, 11) is 0. The molecule has 0 spiro atoms. The van der Waals surface area contributed by atoms with Gasteiger partial charge in [-0.1, -0.05) is 6.58 Å². The van der Waals surface area contributed by atoms with Gasteiger partial charge in [0.25, 0.3) is 0 Å². The summed E-state index contributed by atoms with van der Waals surface area (Å²) in [4.78, 5) is 4.38. The number of aromatic nitrogens is 1. The van der Waals surface area contributed by atoms with Gasteiger partial charge in [-0.05, 0) is 20.8 Å². The zero-order chi connectivity index (χ0) is 9.84. The first-order valence-electron chi connectivity index (χ1n) is 4.43. The summed E-state index contributed by atoms with van der Waals surface area (Å²) in [5.41, 5.74) is 2.14. The lowest BCUT2D eigenvalue weighted by atomic mass is 10.3. The maximum atomic E-state index is 4.38. The molecule has 0 radical (unpaired) electrons. The van der Waals surface area contributed by atoms with Gasteiger partial charge >= 0.3 is 0 Å². The number of allylic oxidation sites excluding steroid dienone is 1. The van der Waals surface area contributed by atoms with Crippen molar-refractivity contribution in [3.05, 3.63) is 28.4 Å². The van der Waals surface area contributed by atoms with Gasteiger partial charge in [0.15, 0.2) is 0 Å². The van der Waals surface area contributed by atoms with Gasteiger partial charge in [0, 0.05) is 29.2 Å². The van der Waals surface area contributed by atoms with Crippen LogP contribution in [0, 0.1) is 6.92 Å². The lowest BCUT2D eigenvalue weighted by Gasteiger charge is -2.10. The van der Waals surface area contributed by atoms with E-state index in [4.69, 9.17) is 0 Å². The van der Waals surface area contributed by atoms with E-state index in [2.05, 4.69) is 36.1 Å². The minimum absolute atomic E-state index is 0.452. The van der Waals surface area contributed by atoms with Crippen LogP contribution in [0.15, 0.2) is 17.7 Å². The van der Waals surface area contributed by atoms with Crippen LogP contribution in [-0.4, -0.2) is 11.0 Å². The highest BCUT2D eigenvalue weighted by Crippen LogP contribution is 2.11. The summed E-state index contributed by atoms with van der Waals surface area (Å²) in [6, 6.07) is 0.452. The predicted molar refractivity (Wildman–Crippen MR) is 58.0 cm³/mol. The van der Waals surface area contributed by atoms with Crippen molar-refractivity contribution in [3.63, 3.8) is 0 Å². The fourth-order valence-corrected chi connectivity index (χ4v) is 1.94. The topological polar surface area (TPSA) is 24.9 Å². The van der Waals surface area contributed by atoms with E-state index >= 15 is 0 Å². The van der Waals surface area contributed by atoms with Crippen molar-refractivity contribution < 1.29 is 0 Å². The van der Waals surface area contributed by atoms with E-state index in [1.54, 1.807) is 11.3 Å². The molecule has 0 saturated carbocycles. The number of hydrogen-bond donors (Lipinski definition) is 1. The van der Waals surface area contributed by atoms with Crippen LogP contribution in [-0.2, 0) is 6.42 Å². The second-order valence-corrected chi connectivity index (χ2v) is 4.40. The second kappa shape index (κ2) is 4.42. The van der Waals surface area contributed by atoms with Crippen molar-refractivity contribution in [2.45, 2.75) is 33.2 Å². The van der Waals surface area contributed by atoms with Crippen molar-refractivity contribution in [3.8, 4) is 0 Å². The third kappa shape index (κ3) is 3.59. The number of aryl methyl sites for hydroxylation is 1. The van der Waals surface area contributed by atoms with Gasteiger partial charge in [-0.2, -0.15) is 0 Å². The van der Waals surface area contributed by atoms with E-state index in [1.807, 2.05) is 6.92 Å². The van der Waals surface area contributed by atoms with Crippen LogP contribution in [0.3, 0.4) is 0 Å². The van der Waals surface area contributed by atoms with Crippen molar-refractivity contribution in [2.75, 3.05) is 0 Å². The predicted octanol–water partition coefficient (Wildman–Crippen LogP) is 2.51. The van der Waals surface area contributed by atoms with Crippen LogP contribution in [0.25, 0.3) is 0 Å². The Labute approximate surface area is 83.7 Å². The molecule has 2 nitrogen and oxygen atoms in total. The van der Waals surface area contributed by atoms with Gasteiger partial charge in [0.2, 0.25) is 0 Å². The third-order valence-corrected chi connectivity index (χ3v) is 2.49. The summed E-state index contributed by atoms with van der Waals surface area (Å²) < 4.78 is 0. The number of hydrogen-bond acceptors (Lipinski definition) is 3. The molecule has 0 aliphatic rings. The second-order valence-electron chi connectivity index (χ2n) is 3.46. The summed E-state index contributed by atoms with van der Waals surface area (Å²) >= 11 is 1.69. The molecule has 0 unspecified atom stereocenters. The van der Waals surface area contributed by atoms with Crippen LogP contribution < -0.4 is 5.32 Å². The van der Waals surface area contributed by atoms with E-state index in [0.717, 1.165) is 22.8 Å². The largest absolute Gasteiger partial charge is 0.386 e. The van der Waals surface area contributed by atoms with E-state index < -0.39 is 0 Å². The smallest absolute Gasteiger partial charge is 0.0986 e. The molecule has 0 bridgehead atoms. The standard InChI is InChI=1S/C10H16N2S/c1-7(2)11-8(3)5-10-12-9(4)6-13-10/h6-7,11H,3,5H2,1-2,4H3. The lowest BCUT2D eigenvalue weighted by molar-refractivity contribution is 0.657. The monoisotopic (exact) mass is 196 g/mol. The molecule has 13 heavy (non-hydrogen) atoms. The number of nitrogens with one attached hydrogen (secondary N) is 1. The Hall–Kier alpha value is -0.830. The van der Waals surface area contributed by atoms with Crippen molar-refractivity contribution in [1.29, 1.82) is 0 Å². The van der Waals surface area contributed by atoms with Crippen LogP contribution in [0.1, 0.15) is 24.5 Å². The Morgan fingerprint density at radius 2 is 2.38 bits per heavy atom. The fourth-order valence-electron chi connectivity index (χ4n) is 1.13. The maximum absolute atomic E-state index is 4.38. The molecule has 0 aliphatic carbocycles. The van der Waals surface area contributed by atoms with Crippen molar-refractivity contribution >= 4 is 11.3 Å². The number of nitrogens with zero attached hydrogens (tertiary/aromatic N) is 1. The van der Waals surface area contributed by atoms with Gasteiger partial charge in [0.1, 0.15) is 0 Å². The Kier molecular flexibility index (Phi) is 3.48. The Morgan fingerprint density at radius 3 is 2.85 bits per heavy atom. The number of rotatable bonds is 4. The van der Waals surface area contributed by atoms with Gasteiger partial charge in [-0.25, -0.2) is 4.98 Å². The van der Waals surface area contributed by atoms with Crippen LogP contribution in [0.2, 0.25) is 0 Å². The minimum Gasteiger partial charge on any atom is -0.386 e. The Morgan fingerprint density at radius 1 is 1.69 bits per heavy atom. The van der Waals surface area contributed by atoms with Crippen molar-refractivity contribution in [1.82, 2.24) is 10.3 Å². The lowest BCUT2D eigenvalue weighted by Crippen LogP contribution is -2.22. The van der Waals surface area contributed by atoms with Crippen molar-refractivity contribution in [2.24, 2.45) is 0 Å². The summed E-state index contributed by atoms with van der Waals surface area (Å²) in [5, 5.41) is 6.47. The molecular weight excluding hydrogens is 180 g/mol. The quantitative estimate of drug-likeness (QED) is 0.800. The molecule has 3 heteroatoms. The highest BCUT2D eigenvalue weighted by molar-refractivity contribution is 7.09. The average molecular weight is 196 g/mol. The molecule has 1 heterocycles. The molecule has 0 aliphatic heterocycles. The van der Waals surface area contributed by atoms with Crippen LogP contribution in [0.5, 0.6) is 0 Å². The molecule has 0 amide bonds. The average Bonchev–Trinajstić information content (AvgIpc) is 2.33. The van der Waals surface area contributed by atoms with E-state index in [1.165, 1.54) is 0 Å². The SMILES string of the molecule is C=C(Cc1nc(C)cs1)NC(C)C. The Bertz CT molecular complexity index is 289. The fraction of sp³-hybridized carbons (Fsp3) is 0.500. The van der Waals surface area contributed by atoms with Gasteiger partial charge in [-0.3, -0.25) is 0 Å². The Balaban J connectivity index is 2.45. The molecule has 0 atom stereocenters. The molecule has 1 N–H and O–H groups in total. The zero-order valence-corrected chi connectivity index (χ0v) is 9.24. The first-order valence-corrected chi connectivity index (χ1v) is 5.31. The molecule has 1 rings (SSSR count). The molecule has 0 fully saturated rings. The van der Waals surface area contributed by atoms with Gasteiger partial charge in [0.05, 0.1) is 5.01 Å². The van der Waals surface area contributed by atoms with E-state index in [9.17, 15) is 0 Å². The van der Waals surface area contributed by atoms with Gasteiger partial charge < -0.3 is 5.32 Å². The third-order valence-electron chi connectivity index (χ3n) is 1.52. The van der Waals surface area contributed by atoms with Crippen LogP contribution >= 0.6 is 11.3 Å². The first-order chi connectivity index (χ1) is 6.08. The van der Waals surface area contributed by atoms with Crippen LogP contribution in [0.4, 0.5) is 0 Å². The summed E-state index contributed by atoms with van der Waals surface area (Å²) in [6.07, 6.45) is 0.844. The molecule has 1 aromatic rings. The molecule has 0 aromatic carbocycles. The number of thiazole rings is 1. The zero-order valence-electron chi connectivity index (χ0n) is 8.42. The summed E-state index contributed by atoms with van der Waals surface area (Å²) in [5.74, 6) is 0. The first kappa shape index (κ1) is 10.3. The molecular formula is C10H16N2S. The highest BCUT2D eigenvalue weighted by Gasteiger charge is 2.02. The molecule has 0 saturated heterocycles. The molecule has 72 valence electrons.